The standard InChI is InChI=1S/C25H23FN2O4/c1-25(2)19(14-3-5-15(6-4-14)24(31)28-10-9-17(29)13-28)12-21(32-25)22-18-8-7-16(26)11-20(18)27-23(22)30/h3-8,11-12,17,29H,9-10,13H2,1-2H3,(H,27,30). The minimum Gasteiger partial charge on any atom is -0.482 e. The van der Waals surface area contributed by atoms with Gasteiger partial charge in [0.05, 0.1) is 17.4 Å². The van der Waals surface area contributed by atoms with E-state index in [1.807, 2.05) is 32.1 Å². The van der Waals surface area contributed by atoms with Crippen molar-refractivity contribution < 1.29 is 23.8 Å². The fraction of sp³-hybridized carbons (Fsp3) is 0.280. The number of anilines is 1. The molecule has 164 valence electrons. The van der Waals surface area contributed by atoms with Crippen LogP contribution in [0.15, 0.2) is 54.3 Å². The van der Waals surface area contributed by atoms with Crippen molar-refractivity contribution in [3.8, 4) is 0 Å². The molecule has 0 aliphatic carbocycles. The smallest absolute Gasteiger partial charge is 0.260 e. The van der Waals surface area contributed by atoms with Crippen molar-refractivity contribution in [2.24, 2.45) is 0 Å². The third kappa shape index (κ3) is 3.39. The molecule has 6 nitrogen and oxygen atoms in total. The summed E-state index contributed by atoms with van der Waals surface area (Å²) in [5.74, 6) is -0.419. The topological polar surface area (TPSA) is 78.9 Å². The van der Waals surface area contributed by atoms with Gasteiger partial charge in [0, 0.05) is 29.8 Å². The van der Waals surface area contributed by atoms with Crippen molar-refractivity contribution in [3.63, 3.8) is 0 Å². The Kier molecular flexibility index (Phi) is 4.67. The number of aliphatic hydroxyl groups excluding tert-OH is 1. The first-order chi connectivity index (χ1) is 15.2. The third-order valence-electron chi connectivity index (χ3n) is 6.16. The molecule has 2 amide bonds. The van der Waals surface area contributed by atoms with Crippen LogP contribution in [0.2, 0.25) is 0 Å². The molecule has 1 saturated heterocycles. The molecule has 32 heavy (non-hydrogen) atoms. The zero-order valence-corrected chi connectivity index (χ0v) is 17.8. The molecule has 0 saturated carbocycles. The first-order valence-corrected chi connectivity index (χ1v) is 10.6. The fourth-order valence-electron chi connectivity index (χ4n) is 4.51. The van der Waals surface area contributed by atoms with Gasteiger partial charge in [-0.15, -0.1) is 0 Å². The number of benzene rings is 2. The Morgan fingerprint density at radius 2 is 1.97 bits per heavy atom. The van der Waals surface area contributed by atoms with Gasteiger partial charge in [0.25, 0.3) is 11.8 Å². The summed E-state index contributed by atoms with van der Waals surface area (Å²) in [6, 6.07) is 11.4. The Morgan fingerprint density at radius 1 is 1.22 bits per heavy atom. The van der Waals surface area contributed by atoms with Gasteiger partial charge in [-0.2, -0.15) is 0 Å². The summed E-state index contributed by atoms with van der Waals surface area (Å²) < 4.78 is 19.7. The maximum atomic E-state index is 13.6. The van der Waals surface area contributed by atoms with E-state index in [4.69, 9.17) is 4.74 Å². The largest absolute Gasteiger partial charge is 0.482 e. The molecule has 0 spiro atoms. The molecule has 1 fully saturated rings. The van der Waals surface area contributed by atoms with Crippen LogP contribution in [-0.4, -0.2) is 46.6 Å². The third-order valence-corrected chi connectivity index (χ3v) is 6.16. The number of aliphatic hydroxyl groups is 1. The number of amides is 2. The molecular formula is C25H23FN2O4. The molecule has 3 aliphatic rings. The lowest BCUT2D eigenvalue weighted by Crippen LogP contribution is -2.29. The van der Waals surface area contributed by atoms with Crippen LogP contribution in [0.1, 0.15) is 41.8 Å². The Hall–Kier alpha value is -3.45. The second kappa shape index (κ2) is 7.31. The van der Waals surface area contributed by atoms with Crippen molar-refractivity contribution >= 4 is 28.6 Å². The van der Waals surface area contributed by atoms with Crippen molar-refractivity contribution in [1.29, 1.82) is 0 Å². The molecule has 3 aliphatic heterocycles. The Bertz CT molecular complexity index is 1200. The molecule has 1 unspecified atom stereocenters. The Labute approximate surface area is 185 Å². The molecule has 2 aromatic carbocycles. The minimum atomic E-state index is -0.698. The quantitative estimate of drug-likeness (QED) is 0.708. The maximum Gasteiger partial charge on any atom is 0.260 e. The minimum absolute atomic E-state index is 0.0988. The zero-order chi connectivity index (χ0) is 22.6. The van der Waals surface area contributed by atoms with Crippen LogP contribution in [0.4, 0.5) is 10.1 Å². The number of carbonyl (C=O) groups is 2. The molecule has 7 heteroatoms. The molecule has 3 heterocycles. The predicted octanol–water partition coefficient (Wildman–Crippen LogP) is 3.59. The van der Waals surface area contributed by atoms with Crippen molar-refractivity contribution in [3.05, 3.63) is 76.8 Å². The first kappa shape index (κ1) is 20.5. The van der Waals surface area contributed by atoms with E-state index in [1.54, 1.807) is 23.1 Å². The van der Waals surface area contributed by atoms with E-state index >= 15 is 0 Å². The highest BCUT2D eigenvalue weighted by atomic mass is 19.1. The highest BCUT2D eigenvalue weighted by Gasteiger charge is 2.38. The van der Waals surface area contributed by atoms with Gasteiger partial charge in [0.2, 0.25) is 0 Å². The second-order valence-electron chi connectivity index (χ2n) is 8.82. The number of nitrogens with zero attached hydrogens (tertiary/aromatic N) is 1. The fourth-order valence-corrected chi connectivity index (χ4v) is 4.51. The van der Waals surface area contributed by atoms with E-state index < -0.39 is 17.5 Å². The molecular weight excluding hydrogens is 411 g/mol. The van der Waals surface area contributed by atoms with Crippen LogP contribution in [0.5, 0.6) is 0 Å². The molecule has 0 bridgehead atoms. The van der Waals surface area contributed by atoms with Crippen molar-refractivity contribution in [2.45, 2.75) is 32.0 Å². The number of carbonyl (C=O) groups excluding carboxylic acids is 2. The Morgan fingerprint density at radius 3 is 2.66 bits per heavy atom. The molecule has 2 N–H and O–H groups in total. The number of hydrogen-bond acceptors (Lipinski definition) is 4. The maximum absolute atomic E-state index is 13.6. The number of ether oxygens (including phenoxy) is 1. The van der Waals surface area contributed by atoms with E-state index in [2.05, 4.69) is 5.32 Å². The lowest BCUT2D eigenvalue weighted by atomic mass is 9.91. The summed E-state index contributed by atoms with van der Waals surface area (Å²) in [6.07, 6.45) is 1.98. The summed E-state index contributed by atoms with van der Waals surface area (Å²) >= 11 is 0. The van der Waals surface area contributed by atoms with Crippen molar-refractivity contribution in [2.75, 3.05) is 18.4 Å². The number of rotatable bonds is 2. The summed E-state index contributed by atoms with van der Waals surface area (Å²) in [7, 11) is 0. The van der Waals surface area contributed by atoms with Crippen LogP contribution >= 0.6 is 0 Å². The van der Waals surface area contributed by atoms with Gasteiger partial charge >= 0.3 is 0 Å². The second-order valence-corrected chi connectivity index (χ2v) is 8.82. The van der Waals surface area contributed by atoms with Crippen molar-refractivity contribution in [1.82, 2.24) is 4.90 Å². The lowest BCUT2D eigenvalue weighted by molar-refractivity contribution is -0.111. The summed E-state index contributed by atoms with van der Waals surface area (Å²) in [5.41, 5.74) is 3.02. The molecule has 1 atom stereocenters. The molecule has 0 aromatic heterocycles. The SMILES string of the molecule is CC1(C)OC(=C2C(=O)Nc3cc(F)ccc32)C=C1c1ccc(C(=O)N2CCC(O)C2)cc1. The van der Waals surface area contributed by atoms with Gasteiger partial charge in [0.15, 0.2) is 0 Å². The number of hydrogen-bond donors (Lipinski definition) is 2. The van der Waals surface area contributed by atoms with Crippen LogP contribution in [0, 0.1) is 5.82 Å². The summed E-state index contributed by atoms with van der Waals surface area (Å²) in [6.45, 7) is 4.74. The molecule has 0 radical (unpaired) electrons. The number of β-amino-alcohol motifs (C(OH)–C–C–N with tert-alkyl or cyclic N) is 1. The predicted molar refractivity (Wildman–Crippen MR) is 118 cm³/mol. The van der Waals surface area contributed by atoms with Crippen LogP contribution < -0.4 is 5.32 Å². The molecule has 2 aromatic rings. The van der Waals surface area contributed by atoms with Gasteiger partial charge in [0.1, 0.15) is 17.2 Å². The van der Waals surface area contributed by atoms with E-state index in [-0.39, 0.29) is 11.8 Å². The lowest BCUT2D eigenvalue weighted by Gasteiger charge is -2.23. The average molecular weight is 434 g/mol. The van der Waals surface area contributed by atoms with Gasteiger partial charge in [-0.25, -0.2) is 4.39 Å². The number of halogens is 1. The highest BCUT2D eigenvalue weighted by Crippen LogP contribution is 2.44. The zero-order valence-electron chi connectivity index (χ0n) is 17.8. The van der Waals surface area contributed by atoms with E-state index in [0.29, 0.717) is 47.7 Å². The monoisotopic (exact) mass is 434 g/mol. The van der Waals surface area contributed by atoms with Gasteiger partial charge in [-0.05, 0) is 62.2 Å². The number of allylic oxidation sites excluding steroid dienone is 1. The molecule has 5 rings (SSSR count). The van der Waals surface area contributed by atoms with Gasteiger partial charge in [-0.1, -0.05) is 12.1 Å². The van der Waals surface area contributed by atoms with Gasteiger partial charge < -0.3 is 20.1 Å². The number of fused-ring (bicyclic) bond motifs is 1. The van der Waals surface area contributed by atoms with E-state index in [0.717, 1.165) is 11.1 Å². The van der Waals surface area contributed by atoms with E-state index in [1.165, 1.54) is 12.1 Å². The Balaban J connectivity index is 1.48. The van der Waals surface area contributed by atoms with Crippen LogP contribution in [-0.2, 0) is 9.53 Å². The summed E-state index contributed by atoms with van der Waals surface area (Å²) in [5, 5.41) is 12.4. The van der Waals surface area contributed by atoms with Crippen LogP contribution in [0.25, 0.3) is 11.1 Å². The number of nitrogens with one attached hydrogen (secondary N) is 1. The van der Waals surface area contributed by atoms with E-state index in [9.17, 15) is 19.1 Å². The number of likely N-dealkylation sites (tertiary alicyclic amines) is 1. The van der Waals surface area contributed by atoms with Crippen LogP contribution in [0.3, 0.4) is 0 Å². The first-order valence-electron chi connectivity index (χ1n) is 10.6. The van der Waals surface area contributed by atoms with Gasteiger partial charge in [-0.3, -0.25) is 9.59 Å². The summed E-state index contributed by atoms with van der Waals surface area (Å²) in [4.78, 5) is 26.9. The highest BCUT2D eigenvalue weighted by molar-refractivity contribution is 6.32. The average Bonchev–Trinajstić information content (AvgIpc) is 3.41. The normalized spacial score (nSPS) is 23.6.